The van der Waals surface area contributed by atoms with Gasteiger partial charge in [0.25, 0.3) is 0 Å². The first-order chi connectivity index (χ1) is 14.6. The number of rotatable bonds is 4. The van der Waals surface area contributed by atoms with Gasteiger partial charge in [-0.3, -0.25) is 0 Å². The number of aromatic nitrogens is 4. The van der Waals surface area contributed by atoms with Crippen LogP contribution in [0.4, 0.5) is 11.4 Å². The SMILES string of the molecule is Cc1ccccc1N1Cc2c(C)cccc2N=C1CSc1ncnc2ncn(C)c12. The van der Waals surface area contributed by atoms with Gasteiger partial charge in [-0.15, -0.1) is 0 Å². The van der Waals surface area contributed by atoms with Gasteiger partial charge in [0.1, 0.15) is 22.7 Å². The Hall–Kier alpha value is -3.19. The van der Waals surface area contributed by atoms with E-state index in [1.807, 2.05) is 11.6 Å². The lowest BCUT2D eigenvalue weighted by Gasteiger charge is -2.32. The number of benzene rings is 2. The van der Waals surface area contributed by atoms with Crippen LogP contribution in [0.1, 0.15) is 16.7 Å². The molecule has 0 saturated carbocycles. The zero-order chi connectivity index (χ0) is 20.7. The number of amidine groups is 1. The molecule has 0 fully saturated rings. The molecule has 0 unspecified atom stereocenters. The molecule has 0 spiro atoms. The molecule has 0 aliphatic carbocycles. The highest BCUT2D eigenvalue weighted by Gasteiger charge is 2.24. The molecule has 0 saturated heterocycles. The monoisotopic (exact) mass is 414 g/mol. The van der Waals surface area contributed by atoms with E-state index in [0.29, 0.717) is 5.75 Å². The van der Waals surface area contributed by atoms with E-state index < -0.39 is 0 Å². The molecule has 0 bridgehead atoms. The Bertz CT molecular complexity index is 1280. The second-order valence-electron chi connectivity index (χ2n) is 7.47. The topological polar surface area (TPSA) is 59.2 Å². The number of fused-ring (bicyclic) bond motifs is 2. The van der Waals surface area contributed by atoms with E-state index in [9.17, 15) is 0 Å². The number of imidazole rings is 1. The van der Waals surface area contributed by atoms with Crippen molar-refractivity contribution >= 4 is 40.1 Å². The van der Waals surface area contributed by atoms with Crippen LogP contribution < -0.4 is 4.90 Å². The van der Waals surface area contributed by atoms with Crippen LogP contribution in [0, 0.1) is 13.8 Å². The van der Waals surface area contributed by atoms with Crippen molar-refractivity contribution in [2.24, 2.45) is 12.0 Å². The van der Waals surface area contributed by atoms with E-state index in [1.165, 1.54) is 22.4 Å². The molecule has 1 aliphatic rings. The number of hydrogen-bond donors (Lipinski definition) is 0. The zero-order valence-corrected chi connectivity index (χ0v) is 18.0. The smallest absolute Gasteiger partial charge is 0.181 e. The standard InChI is InChI=1S/C23H22N6S/c1-15-8-6-9-18-17(15)11-29(19-10-5-4-7-16(19)2)20(27-18)12-30-23-21-22(24-13-25-23)26-14-28(21)3/h4-10,13-14H,11-12H2,1-3H3. The van der Waals surface area contributed by atoms with Crippen LogP contribution in [0.2, 0.25) is 0 Å². The first kappa shape index (κ1) is 18.8. The summed E-state index contributed by atoms with van der Waals surface area (Å²) in [4.78, 5) is 20.5. The molecule has 150 valence electrons. The van der Waals surface area contributed by atoms with Gasteiger partial charge in [-0.2, -0.15) is 0 Å². The molecule has 0 radical (unpaired) electrons. The molecule has 2 aromatic heterocycles. The number of aryl methyl sites for hydroxylation is 3. The summed E-state index contributed by atoms with van der Waals surface area (Å²) >= 11 is 1.67. The molecule has 0 amide bonds. The highest BCUT2D eigenvalue weighted by Crippen LogP contribution is 2.34. The second kappa shape index (κ2) is 7.57. The van der Waals surface area contributed by atoms with Gasteiger partial charge in [0, 0.05) is 18.3 Å². The van der Waals surface area contributed by atoms with Crippen LogP contribution in [0.15, 0.2) is 65.1 Å². The van der Waals surface area contributed by atoms with E-state index in [0.717, 1.165) is 34.3 Å². The van der Waals surface area contributed by atoms with Gasteiger partial charge in [-0.25, -0.2) is 19.9 Å². The van der Waals surface area contributed by atoms with Crippen molar-refractivity contribution in [2.75, 3.05) is 10.7 Å². The van der Waals surface area contributed by atoms with Crippen LogP contribution in [0.25, 0.3) is 11.2 Å². The maximum atomic E-state index is 5.07. The van der Waals surface area contributed by atoms with E-state index in [1.54, 1.807) is 24.4 Å². The number of thioether (sulfide) groups is 1. The highest BCUT2D eigenvalue weighted by atomic mass is 32.2. The maximum absolute atomic E-state index is 5.07. The Labute approximate surface area is 179 Å². The Morgan fingerprint density at radius 3 is 2.67 bits per heavy atom. The van der Waals surface area contributed by atoms with Gasteiger partial charge in [-0.1, -0.05) is 42.1 Å². The summed E-state index contributed by atoms with van der Waals surface area (Å²) in [5.41, 5.74) is 7.72. The fourth-order valence-electron chi connectivity index (χ4n) is 3.84. The fraction of sp³-hybridized carbons (Fsp3) is 0.217. The lowest BCUT2D eigenvalue weighted by atomic mass is 10.0. The molecule has 4 aromatic rings. The van der Waals surface area contributed by atoms with Crippen molar-refractivity contribution in [2.45, 2.75) is 25.4 Å². The molecule has 3 heterocycles. The first-order valence-electron chi connectivity index (χ1n) is 9.86. The van der Waals surface area contributed by atoms with Gasteiger partial charge in [0.15, 0.2) is 5.65 Å². The second-order valence-corrected chi connectivity index (χ2v) is 8.43. The maximum Gasteiger partial charge on any atom is 0.181 e. The van der Waals surface area contributed by atoms with Crippen LogP contribution in [-0.4, -0.2) is 31.1 Å². The predicted molar refractivity (Wildman–Crippen MR) is 123 cm³/mol. The predicted octanol–water partition coefficient (Wildman–Crippen LogP) is 4.82. The third kappa shape index (κ3) is 3.25. The van der Waals surface area contributed by atoms with Gasteiger partial charge >= 0.3 is 0 Å². The Balaban J connectivity index is 1.54. The summed E-state index contributed by atoms with van der Waals surface area (Å²) < 4.78 is 1.97. The zero-order valence-electron chi connectivity index (χ0n) is 17.2. The third-order valence-electron chi connectivity index (χ3n) is 5.48. The van der Waals surface area contributed by atoms with Crippen LogP contribution in [-0.2, 0) is 13.6 Å². The molecule has 2 aromatic carbocycles. The summed E-state index contributed by atoms with van der Waals surface area (Å²) in [5, 5.41) is 0.919. The number of nitrogens with zero attached hydrogens (tertiary/aromatic N) is 6. The average Bonchev–Trinajstić information content (AvgIpc) is 3.14. The molecule has 0 N–H and O–H groups in total. The summed E-state index contributed by atoms with van der Waals surface area (Å²) in [6.45, 7) is 5.12. The molecule has 30 heavy (non-hydrogen) atoms. The number of aliphatic imine (C=N–C) groups is 1. The minimum Gasteiger partial charge on any atom is -0.330 e. The van der Waals surface area contributed by atoms with Crippen LogP contribution in [0.5, 0.6) is 0 Å². The number of para-hydroxylation sites is 1. The van der Waals surface area contributed by atoms with Crippen molar-refractivity contribution < 1.29 is 0 Å². The fourth-order valence-corrected chi connectivity index (χ4v) is 4.82. The largest absolute Gasteiger partial charge is 0.330 e. The molecule has 7 heteroatoms. The van der Waals surface area contributed by atoms with Gasteiger partial charge in [0.05, 0.1) is 24.3 Å². The lowest BCUT2D eigenvalue weighted by molar-refractivity contribution is 0.924. The quantitative estimate of drug-likeness (QED) is 0.354. The van der Waals surface area contributed by atoms with E-state index in [-0.39, 0.29) is 0 Å². The first-order valence-corrected chi connectivity index (χ1v) is 10.8. The van der Waals surface area contributed by atoms with Gasteiger partial charge in [-0.05, 0) is 37.1 Å². The number of hydrogen-bond acceptors (Lipinski definition) is 6. The summed E-state index contributed by atoms with van der Waals surface area (Å²) in [6.07, 6.45) is 3.36. The normalized spacial score (nSPS) is 13.4. The summed E-state index contributed by atoms with van der Waals surface area (Å²) in [5.74, 6) is 1.74. The Kier molecular flexibility index (Phi) is 4.75. The number of anilines is 1. The molecular weight excluding hydrogens is 392 g/mol. The average molecular weight is 415 g/mol. The lowest BCUT2D eigenvalue weighted by Crippen LogP contribution is -2.35. The van der Waals surface area contributed by atoms with Crippen LogP contribution in [0.3, 0.4) is 0 Å². The minimum absolute atomic E-state index is 0.707. The van der Waals surface area contributed by atoms with Crippen molar-refractivity contribution in [1.29, 1.82) is 0 Å². The van der Waals surface area contributed by atoms with E-state index in [4.69, 9.17) is 4.99 Å². The van der Waals surface area contributed by atoms with E-state index >= 15 is 0 Å². The van der Waals surface area contributed by atoms with Gasteiger partial charge < -0.3 is 9.47 Å². The van der Waals surface area contributed by atoms with Crippen LogP contribution >= 0.6 is 11.8 Å². The Morgan fingerprint density at radius 2 is 1.80 bits per heavy atom. The molecular formula is C23H22N6S. The van der Waals surface area contributed by atoms with E-state index in [2.05, 4.69) is 76.2 Å². The minimum atomic E-state index is 0.707. The molecule has 0 atom stereocenters. The van der Waals surface area contributed by atoms with Crippen molar-refractivity contribution in [3.8, 4) is 0 Å². The highest BCUT2D eigenvalue weighted by molar-refractivity contribution is 8.00. The Morgan fingerprint density at radius 1 is 0.967 bits per heavy atom. The third-order valence-corrected chi connectivity index (χ3v) is 6.46. The van der Waals surface area contributed by atoms with Crippen molar-refractivity contribution in [3.05, 3.63) is 71.8 Å². The van der Waals surface area contributed by atoms with Crippen molar-refractivity contribution in [1.82, 2.24) is 19.5 Å². The summed E-state index contributed by atoms with van der Waals surface area (Å²) in [7, 11) is 1.97. The molecule has 1 aliphatic heterocycles. The van der Waals surface area contributed by atoms with Gasteiger partial charge in [0.2, 0.25) is 0 Å². The van der Waals surface area contributed by atoms with Crippen molar-refractivity contribution in [3.63, 3.8) is 0 Å². The molecule has 6 nitrogen and oxygen atoms in total. The molecule has 5 rings (SSSR count). The summed E-state index contributed by atoms with van der Waals surface area (Å²) in [6, 6.07) is 14.8.